The van der Waals surface area contributed by atoms with Gasteiger partial charge in [-0.05, 0) is 24.6 Å². The quantitative estimate of drug-likeness (QED) is 0.848. The van der Waals surface area contributed by atoms with E-state index in [9.17, 15) is 9.59 Å². The molecule has 1 heterocycles. The molecule has 5 nitrogen and oxygen atoms in total. The lowest BCUT2D eigenvalue weighted by atomic mass is 9.85. The topological polar surface area (TPSA) is 64.6 Å². The molecule has 25 heavy (non-hydrogen) atoms. The van der Waals surface area contributed by atoms with Crippen molar-refractivity contribution in [1.82, 2.24) is 5.32 Å². The van der Waals surface area contributed by atoms with Gasteiger partial charge in [-0.2, -0.15) is 0 Å². The number of nitrogens with one attached hydrogen (secondary N) is 1. The first-order valence-corrected chi connectivity index (χ1v) is 8.21. The van der Waals surface area contributed by atoms with Crippen LogP contribution in [0, 0.1) is 0 Å². The van der Waals surface area contributed by atoms with Gasteiger partial charge in [-0.3, -0.25) is 14.9 Å². The molecule has 1 N–H and O–H groups in total. The normalized spacial score (nSPS) is 23.2. The van der Waals surface area contributed by atoms with Crippen LogP contribution >= 0.6 is 0 Å². The predicted molar refractivity (Wildman–Crippen MR) is 93.1 cm³/mol. The van der Waals surface area contributed by atoms with Crippen LogP contribution < -0.4 is 10.1 Å². The second kappa shape index (κ2) is 7.07. The summed E-state index contributed by atoms with van der Waals surface area (Å²) >= 11 is 0. The van der Waals surface area contributed by atoms with Gasteiger partial charge < -0.3 is 9.47 Å². The standard InChI is InChI=1S/C20H21NO4/c1-20(15-8-10-16(24-2)11-9-15)18(22)12-17(19(23)25-20)21-13-14-6-4-3-5-7-14/h3-11,17,21H,12-13H2,1-2H3. The van der Waals surface area contributed by atoms with E-state index < -0.39 is 17.6 Å². The summed E-state index contributed by atoms with van der Waals surface area (Å²) in [6, 6.07) is 16.1. The van der Waals surface area contributed by atoms with Gasteiger partial charge in [0.15, 0.2) is 11.4 Å². The summed E-state index contributed by atoms with van der Waals surface area (Å²) in [5.41, 5.74) is 0.438. The van der Waals surface area contributed by atoms with Crippen LogP contribution in [0.25, 0.3) is 0 Å². The summed E-state index contributed by atoms with van der Waals surface area (Å²) < 4.78 is 10.7. The van der Waals surface area contributed by atoms with Gasteiger partial charge in [-0.15, -0.1) is 0 Å². The molecule has 5 heteroatoms. The number of benzene rings is 2. The minimum Gasteiger partial charge on any atom is -0.497 e. The minimum atomic E-state index is -1.26. The molecule has 1 aliphatic rings. The number of hydrogen-bond acceptors (Lipinski definition) is 5. The summed E-state index contributed by atoms with van der Waals surface area (Å²) in [4.78, 5) is 25.1. The number of hydrogen-bond donors (Lipinski definition) is 1. The largest absolute Gasteiger partial charge is 0.497 e. The molecular formula is C20H21NO4. The Kier molecular flexibility index (Phi) is 4.86. The van der Waals surface area contributed by atoms with Crippen molar-refractivity contribution in [2.75, 3.05) is 7.11 Å². The van der Waals surface area contributed by atoms with Crippen LogP contribution in [0.15, 0.2) is 54.6 Å². The molecule has 0 bridgehead atoms. The van der Waals surface area contributed by atoms with Gasteiger partial charge in [0.05, 0.1) is 7.11 Å². The Balaban J connectivity index is 1.70. The molecule has 0 amide bonds. The molecule has 2 aromatic rings. The molecule has 0 aliphatic carbocycles. The summed E-state index contributed by atoms with van der Waals surface area (Å²) in [5, 5.41) is 3.11. The molecule has 1 saturated heterocycles. The third-order valence-corrected chi connectivity index (χ3v) is 4.55. The molecular weight excluding hydrogens is 318 g/mol. The van der Waals surface area contributed by atoms with E-state index >= 15 is 0 Å². The third kappa shape index (κ3) is 3.56. The molecule has 0 aromatic heterocycles. The van der Waals surface area contributed by atoms with Crippen LogP contribution in [-0.2, 0) is 26.5 Å². The van der Waals surface area contributed by atoms with Crippen molar-refractivity contribution in [1.29, 1.82) is 0 Å². The zero-order valence-electron chi connectivity index (χ0n) is 14.3. The first kappa shape index (κ1) is 17.2. The smallest absolute Gasteiger partial charge is 0.324 e. The number of esters is 1. The fourth-order valence-electron chi connectivity index (χ4n) is 2.91. The monoisotopic (exact) mass is 339 g/mol. The Hall–Kier alpha value is -2.66. The first-order valence-electron chi connectivity index (χ1n) is 8.21. The Morgan fingerprint density at radius 2 is 1.80 bits per heavy atom. The highest BCUT2D eigenvalue weighted by atomic mass is 16.6. The van der Waals surface area contributed by atoms with Gasteiger partial charge >= 0.3 is 5.97 Å². The zero-order valence-corrected chi connectivity index (χ0v) is 14.3. The van der Waals surface area contributed by atoms with Crippen LogP contribution in [0.2, 0.25) is 0 Å². The van der Waals surface area contributed by atoms with E-state index in [1.54, 1.807) is 38.3 Å². The van der Waals surface area contributed by atoms with E-state index in [1.807, 2.05) is 30.3 Å². The Labute approximate surface area is 147 Å². The van der Waals surface area contributed by atoms with Crippen LogP contribution in [0.5, 0.6) is 5.75 Å². The average Bonchev–Trinajstić information content (AvgIpc) is 2.64. The highest BCUT2D eigenvalue weighted by Crippen LogP contribution is 2.33. The number of carbonyl (C=O) groups is 2. The Bertz CT molecular complexity index is 757. The number of ether oxygens (including phenoxy) is 2. The molecule has 1 aliphatic heterocycles. The summed E-state index contributed by atoms with van der Waals surface area (Å²) in [7, 11) is 1.57. The number of carbonyl (C=O) groups excluding carboxylic acids is 2. The highest BCUT2D eigenvalue weighted by Gasteiger charge is 2.46. The average molecular weight is 339 g/mol. The van der Waals surface area contributed by atoms with E-state index in [-0.39, 0.29) is 12.2 Å². The van der Waals surface area contributed by atoms with Crippen molar-refractivity contribution in [2.24, 2.45) is 0 Å². The van der Waals surface area contributed by atoms with Crippen molar-refractivity contribution < 1.29 is 19.1 Å². The maximum atomic E-state index is 12.7. The van der Waals surface area contributed by atoms with E-state index in [2.05, 4.69) is 5.32 Å². The summed E-state index contributed by atoms with van der Waals surface area (Å²) in [5.74, 6) is 0.154. The van der Waals surface area contributed by atoms with Crippen LogP contribution in [0.1, 0.15) is 24.5 Å². The lowest BCUT2D eigenvalue weighted by Gasteiger charge is -2.36. The predicted octanol–water partition coefficient (Wildman–Crippen LogP) is 2.58. The van der Waals surface area contributed by atoms with Crippen molar-refractivity contribution >= 4 is 11.8 Å². The van der Waals surface area contributed by atoms with Crippen LogP contribution in [0.4, 0.5) is 0 Å². The van der Waals surface area contributed by atoms with E-state index in [1.165, 1.54) is 0 Å². The number of cyclic esters (lactones) is 1. The maximum Gasteiger partial charge on any atom is 0.324 e. The van der Waals surface area contributed by atoms with Gasteiger partial charge in [0.2, 0.25) is 0 Å². The van der Waals surface area contributed by atoms with Crippen LogP contribution in [0.3, 0.4) is 0 Å². The van der Waals surface area contributed by atoms with Crippen LogP contribution in [-0.4, -0.2) is 24.9 Å². The van der Waals surface area contributed by atoms with Gasteiger partial charge in [0.1, 0.15) is 11.8 Å². The lowest BCUT2D eigenvalue weighted by Crippen LogP contribution is -2.52. The minimum absolute atomic E-state index is 0.105. The van der Waals surface area contributed by atoms with Gasteiger partial charge in [0, 0.05) is 18.5 Å². The Morgan fingerprint density at radius 1 is 1.12 bits per heavy atom. The van der Waals surface area contributed by atoms with Gasteiger partial charge in [-0.25, -0.2) is 0 Å². The third-order valence-electron chi connectivity index (χ3n) is 4.55. The number of Topliss-reactive ketones (excluding diaryl/α,β-unsaturated/α-hetero) is 1. The first-order chi connectivity index (χ1) is 12.0. The molecule has 2 atom stereocenters. The number of methoxy groups -OCH3 is 1. The molecule has 1 fully saturated rings. The van der Waals surface area contributed by atoms with E-state index in [4.69, 9.17) is 9.47 Å². The highest BCUT2D eigenvalue weighted by molar-refractivity contribution is 5.97. The van der Waals surface area contributed by atoms with E-state index in [0.29, 0.717) is 17.9 Å². The molecule has 3 rings (SSSR count). The lowest BCUT2D eigenvalue weighted by molar-refractivity contribution is -0.177. The Morgan fingerprint density at radius 3 is 2.44 bits per heavy atom. The SMILES string of the molecule is COc1ccc(C2(C)OC(=O)C(NCc3ccccc3)CC2=O)cc1. The second-order valence-electron chi connectivity index (χ2n) is 6.23. The maximum absolute atomic E-state index is 12.7. The molecule has 0 spiro atoms. The van der Waals surface area contributed by atoms with Gasteiger partial charge in [-0.1, -0.05) is 42.5 Å². The van der Waals surface area contributed by atoms with Crippen molar-refractivity contribution in [3.8, 4) is 5.75 Å². The van der Waals surface area contributed by atoms with Crippen molar-refractivity contribution in [3.05, 3.63) is 65.7 Å². The van der Waals surface area contributed by atoms with Gasteiger partial charge in [0.25, 0.3) is 0 Å². The fraction of sp³-hybridized carbons (Fsp3) is 0.300. The molecule has 130 valence electrons. The van der Waals surface area contributed by atoms with Crippen molar-refractivity contribution in [3.63, 3.8) is 0 Å². The summed E-state index contributed by atoms with van der Waals surface area (Å²) in [6.45, 7) is 2.15. The molecule has 2 unspecified atom stereocenters. The number of ketones is 1. The zero-order chi connectivity index (χ0) is 17.9. The summed E-state index contributed by atoms with van der Waals surface area (Å²) in [6.07, 6.45) is 0.105. The molecule has 0 radical (unpaired) electrons. The fourth-order valence-corrected chi connectivity index (χ4v) is 2.91. The van der Waals surface area contributed by atoms with E-state index in [0.717, 1.165) is 5.56 Å². The van der Waals surface area contributed by atoms with Crippen molar-refractivity contribution in [2.45, 2.75) is 31.5 Å². The molecule has 0 saturated carbocycles. The molecule has 2 aromatic carbocycles. The second-order valence-corrected chi connectivity index (χ2v) is 6.23. The number of rotatable bonds is 5.